The van der Waals surface area contributed by atoms with Crippen LogP contribution in [0.4, 0.5) is 0 Å². The Labute approximate surface area is 73.2 Å². The first-order valence-corrected chi connectivity index (χ1v) is 3.96. The Kier molecular flexibility index (Phi) is 2.27. The molecule has 0 bridgehead atoms. The average Bonchev–Trinajstić information content (AvgIpc) is 2.26. The molecule has 0 saturated carbocycles. The molecule has 0 aromatic heterocycles. The van der Waals surface area contributed by atoms with Crippen LogP contribution in [-0.2, 0) is 9.47 Å². The lowest BCUT2D eigenvalue weighted by molar-refractivity contribution is -0.104. The number of allylic oxidation sites excluding steroid dienone is 3. The van der Waals surface area contributed by atoms with E-state index < -0.39 is 5.79 Å². The van der Waals surface area contributed by atoms with E-state index in [1.807, 2.05) is 26.8 Å². The summed E-state index contributed by atoms with van der Waals surface area (Å²) in [6.07, 6.45) is 5.36. The van der Waals surface area contributed by atoms with Crippen molar-refractivity contribution in [3.05, 3.63) is 36.3 Å². The molecule has 1 aliphatic heterocycles. The zero-order valence-electron chi connectivity index (χ0n) is 7.76. The lowest BCUT2D eigenvalue weighted by Crippen LogP contribution is -2.18. The van der Waals surface area contributed by atoms with E-state index >= 15 is 0 Å². The second-order valence-corrected chi connectivity index (χ2v) is 3.02. The molecule has 0 aliphatic carbocycles. The van der Waals surface area contributed by atoms with Crippen LogP contribution in [-0.4, -0.2) is 5.79 Å². The molecule has 0 N–H and O–H groups in total. The van der Waals surface area contributed by atoms with Crippen LogP contribution in [0.15, 0.2) is 36.3 Å². The van der Waals surface area contributed by atoms with Crippen molar-refractivity contribution < 1.29 is 9.47 Å². The predicted octanol–water partition coefficient (Wildman–Crippen LogP) is 2.74. The number of hydrogen-bond donors (Lipinski definition) is 0. The normalized spacial score (nSPS) is 26.9. The highest BCUT2D eigenvalue weighted by Crippen LogP contribution is 2.33. The minimum absolute atomic E-state index is 0.545. The number of rotatable bonds is 1. The maximum atomic E-state index is 5.49. The van der Waals surface area contributed by atoms with E-state index in [-0.39, 0.29) is 0 Å². The average molecular weight is 166 g/mol. The summed E-state index contributed by atoms with van der Waals surface area (Å²) in [5, 5.41) is 0. The molecule has 1 saturated heterocycles. The third kappa shape index (κ3) is 1.70. The van der Waals surface area contributed by atoms with Gasteiger partial charge in [-0.3, -0.25) is 0 Å². The van der Waals surface area contributed by atoms with Crippen LogP contribution < -0.4 is 0 Å². The lowest BCUT2D eigenvalue weighted by atomic mass is 10.3. The molecule has 0 unspecified atom stereocenters. The molecule has 1 fully saturated rings. The fraction of sp³-hybridized carbons (Fsp3) is 0.400. The smallest absolute Gasteiger partial charge is 0.246 e. The van der Waals surface area contributed by atoms with Gasteiger partial charge in [0.05, 0.1) is 0 Å². The molecule has 0 aromatic carbocycles. The van der Waals surface area contributed by atoms with Gasteiger partial charge in [0.15, 0.2) is 11.5 Å². The molecule has 2 heteroatoms. The maximum Gasteiger partial charge on any atom is 0.246 e. The van der Waals surface area contributed by atoms with Crippen LogP contribution in [0.1, 0.15) is 20.8 Å². The molecule has 1 aliphatic rings. The molecule has 1 heterocycles. The largest absolute Gasteiger partial charge is 0.449 e. The Morgan fingerprint density at radius 1 is 1.25 bits per heavy atom. The van der Waals surface area contributed by atoms with Crippen molar-refractivity contribution in [1.29, 1.82) is 0 Å². The van der Waals surface area contributed by atoms with Crippen LogP contribution >= 0.6 is 0 Å². The van der Waals surface area contributed by atoms with Gasteiger partial charge in [-0.05, 0) is 19.1 Å². The van der Waals surface area contributed by atoms with Crippen molar-refractivity contribution in [2.45, 2.75) is 26.6 Å². The summed E-state index contributed by atoms with van der Waals surface area (Å²) in [4.78, 5) is 0. The van der Waals surface area contributed by atoms with E-state index in [0.29, 0.717) is 0 Å². The topological polar surface area (TPSA) is 18.5 Å². The fourth-order valence-electron chi connectivity index (χ4n) is 1.08. The van der Waals surface area contributed by atoms with Crippen LogP contribution in [0.2, 0.25) is 0 Å². The minimum Gasteiger partial charge on any atom is -0.449 e. The highest BCUT2D eigenvalue weighted by molar-refractivity contribution is 5.26. The molecular weight excluding hydrogens is 152 g/mol. The Bertz CT molecular complexity index is 247. The van der Waals surface area contributed by atoms with E-state index in [9.17, 15) is 0 Å². The molecule has 0 amide bonds. The molecule has 12 heavy (non-hydrogen) atoms. The molecule has 0 radical (unpaired) electrons. The number of ether oxygens (including phenoxy) is 2. The number of hydrogen-bond acceptors (Lipinski definition) is 2. The van der Waals surface area contributed by atoms with Gasteiger partial charge in [0.1, 0.15) is 0 Å². The Hall–Kier alpha value is -1.18. The van der Waals surface area contributed by atoms with Gasteiger partial charge in [0.25, 0.3) is 0 Å². The van der Waals surface area contributed by atoms with Gasteiger partial charge in [0.2, 0.25) is 5.79 Å². The van der Waals surface area contributed by atoms with Gasteiger partial charge < -0.3 is 9.47 Å². The van der Waals surface area contributed by atoms with E-state index in [1.54, 1.807) is 12.2 Å². The van der Waals surface area contributed by atoms with Crippen LogP contribution in [0.3, 0.4) is 0 Å². The highest BCUT2D eigenvalue weighted by atomic mass is 16.7. The Morgan fingerprint density at radius 3 is 2.33 bits per heavy atom. The monoisotopic (exact) mass is 166 g/mol. The first-order chi connectivity index (χ1) is 5.59. The van der Waals surface area contributed by atoms with E-state index in [2.05, 4.69) is 6.58 Å². The first-order valence-electron chi connectivity index (χ1n) is 3.96. The van der Waals surface area contributed by atoms with E-state index in [1.165, 1.54) is 0 Å². The quantitative estimate of drug-likeness (QED) is 0.596. The van der Waals surface area contributed by atoms with Crippen molar-refractivity contribution in [1.82, 2.24) is 0 Å². The maximum absolute atomic E-state index is 5.49. The second-order valence-electron chi connectivity index (χ2n) is 3.02. The van der Waals surface area contributed by atoms with Crippen molar-refractivity contribution in [2.75, 3.05) is 0 Å². The molecule has 0 spiro atoms. The van der Waals surface area contributed by atoms with Gasteiger partial charge in [0, 0.05) is 13.8 Å². The zero-order valence-corrected chi connectivity index (χ0v) is 7.76. The summed E-state index contributed by atoms with van der Waals surface area (Å²) >= 11 is 0. The van der Waals surface area contributed by atoms with Gasteiger partial charge >= 0.3 is 0 Å². The molecule has 0 atom stereocenters. The molecular formula is C10H14O2. The second kappa shape index (κ2) is 3.05. The zero-order chi connectivity index (χ0) is 9.19. The van der Waals surface area contributed by atoms with Crippen molar-refractivity contribution >= 4 is 0 Å². The van der Waals surface area contributed by atoms with Gasteiger partial charge in [-0.25, -0.2) is 0 Å². The van der Waals surface area contributed by atoms with Crippen molar-refractivity contribution in [2.24, 2.45) is 0 Å². The summed E-state index contributed by atoms with van der Waals surface area (Å²) in [5.41, 5.74) is 0. The first kappa shape index (κ1) is 8.91. The fourth-order valence-corrected chi connectivity index (χ4v) is 1.08. The summed E-state index contributed by atoms with van der Waals surface area (Å²) < 4.78 is 11.0. The third-order valence-electron chi connectivity index (χ3n) is 1.49. The van der Waals surface area contributed by atoms with Crippen LogP contribution in [0.5, 0.6) is 0 Å². The van der Waals surface area contributed by atoms with Crippen LogP contribution in [0.25, 0.3) is 0 Å². The summed E-state index contributed by atoms with van der Waals surface area (Å²) in [6.45, 7) is 9.27. The predicted molar refractivity (Wildman–Crippen MR) is 48.3 cm³/mol. The van der Waals surface area contributed by atoms with E-state index in [0.717, 1.165) is 11.5 Å². The van der Waals surface area contributed by atoms with Gasteiger partial charge in [-0.15, -0.1) is 0 Å². The highest BCUT2D eigenvalue weighted by Gasteiger charge is 2.33. The minimum atomic E-state index is -0.545. The van der Waals surface area contributed by atoms with Gasteiger partial charge in [-0.2, -0.15) is 0 Å². The van der Waals surface area contributed by atoms with Crippen molar-refractivity contribution in [3.63, 3.8) is 0 Å². The lowest BCUT2D eigenvalue weighted by Gasteiger charge is -2.15. The van der Waals surface area contributed by atoms with Crippen molar-refractivity contribution in [3.8, 4) is 0 Å². The third-order valence-corrected chi connectivity index (χ3v) is 1.49. The molecule has 1 rings (SSSR count). The SMILES string of the molecule is C=C/C=C1/OC(C)(C)O/C1=C/C. The summed E-state index contributed by atoms with van der Waals surface area (Å²) in [5.74, 6) is 0.980. The molecule has 2 nitrogen and oxygen atoms in total. The Balaban J connectivity index is 2.91. The van der Waals surface area contributed by atoms with E-state index in [4.69, 9.17) is 9.47 Å². The standard InChI is InChI=1S/C10H14O2/c1-5-7-9-8(6-2)11-10(3,4)12-9/h5-7H,1H2,2-4H3/b8-6+,9-7+. The van der Waals surface area contributed by atoms with Crippen LogP contribution in [0, 0.1) is 0 Å². The molecule has 66 valence electrons. The summed E-state index contributed by atoms with van der Waals surface area (Å²) in [6, 6.07) is 0. The Morgan fingerprint density at radius 2 is 1.83 bits per heavy atom. The molecule has 0 aromatic rings. The summed E-state index contributed by atoms with van der Waals surface area (Å²) in [7, 11) is 0. The van der Waals surface area contributed by atoms with Gasteiger partial charge in [-0.1, -0.05) is 12.7 Å².